The molecule has 1 aromatic heterocycles. The second-order valence-electron chi connectivity index (χ2n) is 5.43. The van der Waals surface area contributed by atoms with Crippen LogP contribution in [0.1, 0.15) is 19.4 Å². The summed E-state index contributed by atoms with van der Waals surface area (Å²) in [6.45, 7) is 4.77. The Balaban J connectivity index is 2.13. The fourth-order valence-electron chi connectivity index (χ4n) is 2.28. The van der Waals surface area contributed by atoms with E-state index >= 15 is 0 Å². The number of nitriles is 1. The highest BCUT2D eigenvalue weighted by Gasteiger charge is 2.15. The van der Waals surface area contributed by atoms with E-state index in [1.807, 2.05) is 19.9 Å². The first-order valence-electron chi connectivity index (χ1n) is 8.27. The highest BCUT2D eigenvalue weighted by atomic mass is 16.6. The van der Waals surface area contributed by atoms with E-state index in [4.69, 9.17) is 4.74 Å². The minimum atomic E-state index is -0.538. The Hall–Kier alpha value is -3.73. The van der Waals surface area contributed by atoms with E-state index in [0.717, 1.165) is 6.20 Å². The molecule has 0 bridgehead atoms. The van der Waals surface area contributed by atoms with Crippen molar-refractivity contribution >= 4 is 17.7 Å². The van der Waals surface area contributed by atoms with Crippen LogP contribution in [-0.2, 0) is 4.79 Å². The molecular formula is C19H18N4O4. The summed E-state index contributed by atoms with van der Waals surface area (Å²) < 4.78 is 5.53. The van der Waals surface area contributed by atoms with Gasteiger partial charge < -0.3 is 9.64 Å². The first kappa shape index (κ1) is 19.6. The molecule has 27 heavy (non-hydrogen) atoms. The number of hydrogen-bond acceptors (Lipinski definition) is 6. The monoisotopic (exact) mass is 366 g/mol. The van der Waals surface area contributed by atoms with Gasteiger partial charge in [0.05, 0.1) is 4.92 Å². The molecule has 1 heterocycles. The van der Waals surface area contributed by atoms with Crippen molar-refractivity contribution in [2.75, 3.05) is 13.1 Å². The van der Waals surface area contributed by atoms with Crippen LogP contribution in [0.5, 0.6) is 11.6 Å². The summed E-state index contributed by atoms with van der Waals surface area (Å²) in [6, 6.07) is 11.4. The minimum absolute atomic E-state index is 0.0596. The van der Waals surface area contributed by atoms with Gasteiger partial charge in [0, 0.05) is 25.2 Å². The number of carbonyl (C=O) groups excluding carboxylic acids is 1. The first-order valence-corrected chi connectivity index (χ1v) is 8.27. The van der Waals surface area contributed by atoms with Gasteiger partial charge in [-0.3, -0.25) is 14.9 Å². The first-order chi connectivity index (χ1) is 13.0. The van der Waals surface area contributed by atoms with E-state index in [2.05, 4.69) is 4.98 Å². The van der Waals surface area contributed by atoms with Crippen LogP contribution < -0.4 is 4.74 Å². The quantitative estimate of drug-likeness (QED) is 0.321. The molecule has 0 aliphatic carbocycles. The predicted octanol–water partition coefficient (Wildman–Crippen LogP) is 3.56. The third-order valence-electron chi connectivity index (χ3n) is 3.75. The smallest absolute Gasteiger partial charge is 0.287 e. The lowest BCUT2D eigenvalue weighted by atomic mass is 10.1. The highest BCUT2D eigenvalue weighted by molar-refractivity contribution is 6.01. The van der Waals surface area contributed by atoms with Crippen molar-refractivity contribution in [3.63, 3.8) is 0 Å². The fourth-order valence-corrected chi connectivity index (χ4v) is 2.28. The molecule has 0 aliphatic rings. The second kappa shape index (κ2) is 9.10. The second-order valence-corrected chi connectivity index (χ2v) is 5.43. The van der Waals surface area contributed by atoms with Crippen LogP contribution in [0.25, 0.3) is 6.08 Å². The number of benzene rings is 1. The van der Waals surface area contributed by atoms with Crippen molar-refractivity contribution < 1.29 is 14.5 Å². The molecule has 8 heteroatoms. The summed E-state index contributed by atoms with van der Waals surface area (Å²) >= 11 is 0. The minimum Gasteiger partial charge on any atom is -0.439 e. The van der Waals surface area contributed by atoms with Crippen molar-refractivity contribution in [3.8, 4) is 17.7 Å². The third kappa shape index (κ3) is 5.12. The van der Waals surface area contributed by atoms with Gasteiger partial charge in [0.25, 0.3) is 11.6 Å². The summed E-state index contributed by atoms with van der Waals surface area (Å²) in [5.41, 5.74) is 0.616. The molecule has 2 aromatic rings. The number of amides is 1. The van der Waals surface area contributed by atoms with E-state index in [-0.39, 0.29) is 23.0 Å². The number of aromatic nitrogens is 1. The Morgan fingerprint density at radius 3 is 2.41 bits per heavy atom. The van der Waals surface area contributed by atoms with Gasteiger partial charge >= 0.3 is 0 Å². The standard InChI is InChI=1S/C19H18N4O4/c1-3-22(4-2)19(24)15(12-20)11-14-5-8-17(9-6-14)27-18-10-7-16(13-21-18)23(25)26/h5-11,13H,3-4H2,1-2H3/b15-11-. The number of carbonyl (C=O) groups is 1. The largest absolute Gasteiger partial charge is 0.439 e. The van der Waals surface area contributed by atoms with Gasteiger partial charge in [-0.25, -0.2) is 4.98 Å². The molecule has 138 valence electrons. The van der Waals surface area contributed by atoms with Crippen molar-refractivity contribution in [1.82, 2.24) is 9.88 Å². The SMILES string of the molecule is CCN(CC)C(=O)/C(C#N)=C\c1ccc(Oc2ccc([N+](=O)[O-])cn2)cc1. The molecule has 0 atom stereocenters. The molecule has 0 aliphatic heterocycles. The Labute approximate surface area is 156 Å². The summed E-state index contributed by atoms with van der Waals surface area (Å²) in [6.07, 6.45) is 2.64. The highest BCUT2D eigenvalue weighted by Crippen LogP contribution is 2.22. The number of ether oxygens (including phenoxy) is 1. The topological polar surface area (TPSA) is 109 Å². The zero-order chi connectivity index (χ0) is 19.8. The van der Waals surface area contributed by atoms with Crippen LogP contribution in [0.2, 0.25) is 0 Å². The Morgan fingerprint density at radius 1 is 1.26 bits per heavy atom. The van der Waals surface area contributed by atoms with Crippen LogP contribution in [0.4, 0.5) is 5.69 Å². The predicted molar refractivity (Wildman–Crippen MR) is 98.9 cm³/mol. The Kier molecular flexibility index (Phi) is 6.61. The Bertz CT molecular complexity index is 879. The van der Waals surface area contributed by atoms with E-state index in [9.17, 15) is 20.2 Å². The van der Waals surface area contributed by atoms with Crippen LogP contribution >= 0.6 is 0 Å². The maximum atomic E-state index is 12.3. The van der Waals surface area contributed by atoms with Gasteiger partial charge in [0.15, 0.2) is 0 Å². The lowest BCUT2D eigenvalue weighted by Gasteiger charge is -2.17. The molecule has 1 aromatic carbocycles. The van der Waals surface area contributed by atoms with Gasteiger partial charge in [0.1, 0.15) is 23.6 Å². The molecule has 1 amide bonds. The van der Waals surface area contributed by atoms with E-state index < -0.39 is 4.92 Å². The molecule has 0 fully saturated rings. The van der Waals surface area contributed by atoms with Gasteiger partial charge in [-0.05, 0) is 37.6 Å². The maximum absolute atomic E-state index is 12.3. The van der Waals surface area contributed by atoms with Crippen molar-refractivity contribution in [3.05, 3.63) is 63.8 Å². The maximum Gasteiger partial charge on any atom is 0.287 e. The van der Waals surface area contributed by atoms with E-state index in [1.165, 1.54) is 18.2 Å². The molecule has 8 nitrogen and oxygen atoms in total. The average molecular weight is 366 g/mol. The molecule has 0 unspecified atom stereocenters. The molecule has 0 saturated carbocycles. The number of hydrogen-bond donors (Lipinski definition) is 0. The Morgan fingerprint density at radius 2 is 1.93 bits per heavy atom. The molecule has 0 spiro atoms. The zero-order valence-electron chi connectivity index (χ0n) is 15.0. The summed E-state index contributed by atoms with van der Waals surface area (Å²) in [5.74, 6) is 0.387. The van der Waals surface area contributed by atoms with Gasteiger partial charge in [-0.1, -0.05) is 12.1 Å². The van der Waals surface area contributed by atoms with Crippen molar-refractivity contribution in [2.45, 2.75) is 13.8 Å². The van der Waals surface area contributed by atoms with Gasteiger partial charge in [-0.2, -0.15) is 5.26 Å². The van der Waals surface area contributed by atoms with Crippen LogP contribution in [-0.4, -0.2) is 33.8 Å². The van der Waals surface area contributed by atoms with Gasteiger partial charge in [-0.15, -0.1) is 0 Å². The summed E-state index contributed by atoms with van der Waals surface area (Å²) in [5, 5.41) is 19.9. The van der Waals surface area contributed by atoms with Crippen molar-refractivity contribution in [2.24, 2.45) is 0 Å². The third-order valence-corrected chi connectivity index (χ3v) is 3.75. The molecule has 0 N–H and O–H groups in total. The normalized spacial score (nSPS) is 10.8. The zero-order valence-corrected chi connectivity index (χ0v) is 15.0. The number of rotatable bonds is 7. The molecule has 0 saturated heterocycles. The fraction of sp³-hybridized carbons (Fsp3) is 0.211. The van der Waals surface area contributed by atoms with E-state index in [1.54, 1.807) is 29.2 Å². The van der Waals surface area contributed by atoms with Crippen LogP contribution in [0.3, 0.4) is 0 Å². The summed E-state index contributed by atoms with van der Waals surface area (Å²) in [4.78, 5) is 27.8. The molecule has 2 rings (SSSR count). The summed E-state index contributed by atoms with van der Waals surface area (Å²) in [7, 11) is 0. The van der Waals surface area contributed by atoms with Crippen molar-refractivity contribution in [1.29, 1.82) is 5.26 Å². The van der Waals surface area contributed by atoms with E-state index in [0.29, 0.717) is 24.4 Å². The number of likely N-dealkylation sites (N-methyl/N-ethyl adjacent to an activating group) is 1. The van der Waals surface area contributed by atoms with Crippen LogP contribution in [0, 0.1) is 21.4 Å². The average Bonchev–Trinajstić information content (AvgIpc) is 2.68. The molecular weight excluding hydrogens is 348 g/mol. The number of nitro groups is 1. The number of pyridine rings is 1. The lowest BCUT2D eigenvalue weighted by Crippen LogP contribution is -2.31. The number of nitrogens with zero attached hydrogens (tertiary/aromatic N) is 4. The van der Waals surface area contributed by atoms with Gasteiger partial charge in [0.2, 0.25) is 5.88 Å². The molecule has 0 radical (unpaired) electrons. The van der Waals surface area contributed by atoms with Crippen LogP contribution in [0.15, 0.2) is 48.2 Å². The lowest BCUT2D eigenvalue weighted by molar-refractivity contribution is -0.385.